The van der Waals surface area contributed by atoms with Gasteiger partial charge in [0.2, 0.25) is 11.4 Å². The molecule has 6 aromatic carbocycles. The number of carboxylic acids is 1. The number of aryl methyl sites for hydroxylation is 4. The molecule has 0 saturated carbocycles. The van der Waals surface area contributed by atoms with Gasteiger partial charge in [-0.05, 0) is 158 Å². The highest BCUT2D eigenvalue weighted by molar-refractivity contribution is 7.86. The number of carbonyl (C=O) groups excluding carboxylic acids is 2. The standard InChI is InChI=1S/C54H46N4O14S2/c1-29-23-31(3)52(33(5)44(29)27-48(59)35-9-16-40(17-10-35)57(63)64)55-39-14-7-37(8-15-39)51(43-21-20-42(73(67,68)69)26-50(43)74(70,71)72)38-13-22-47(46(25-38)54(61)62)56-53-32(4)24-30(2)45(34(53)6)28-49(60)36-11-18-41(19-12-36)58(65)66/h7-26,55H,27-28H2,1-6H3,(H,61,62)(H,67,68,69)(H,70,71,72)/p+1. The summed E-state index contributed by atoms with van der Waals surface area (Å²) < 4.78 is 70.9. The Kier molecular flexibility index (Phi) is 15.0. The minimum Gasteiger partial charge on any atom is -0.477 e. The summed E-state index contributed by atoms with van der Waals surface area (Å²) in [6, 6.07) is 23.4. The number of carboxylic acid groups (broad SMARTS) is 1. The van der Waals surface area contributed by atoms with E-state index < -0.39 is 45.8 Å². The van der Waals surface area contributed by atoms with Gasteiger partial charge >= 0.3 is 5.97 Å². The van der Waals surface area contributed by atoms with Gasteiger partial charge in [0.1, 0.15) is 10.5 Å². The molecule has 1 aliphatic rings. The molecule has 7 rings (SSSR count). The SMILES string of the molecule is Cc1cc(C)c(Nc2ccc(C(=C3C=CC(=[NH+]c4c(C)cc(C)c(CC(=O)c5ccc([N+](=O)[O-])cc5)c4C)C(C(=O)O)=C3)c3ccc(S(=O)(=O)O)cc3S(=O)(=O)O)cc2)c(C)c1CC(=O)c1ccc([N+](=O)[O-])cc1. The molecule has 0 atom stereocenters. The van der Waals surface area contributed by atoms with Crippen LogP contribution in [0.25, 0.3) is 5.57 Å². The zero-order chi connectivity index (χ0) is 54.1. The van der Waals surface area contributed by atoms with Gasteiger partial charge in [-0.2, -0.15) is 16.8 Å². The molecule has 0 spiro atoms. The maximum Gasteiger partial charge on any atom is 0.342 e. The molecule has 0 unspecified atom stereocenters. The van der Waals surface area contributed by atoms with Crippen molar-refractivity contribution in [2.45, 2.75) is 64.2 Å². The fourth-order valence-electron chi connectivity index (χ4n) is 8.99. The summed E-state index contributed by atoms with van der Waals surface area (Å²) >= 11 is 0. The lowest BCUT2D eigenvalue weighted by Gasteiger charge is -2.20. The monoisotopic (exact) mass is 1040 g/mol. The van der Waals surface area contributed by atoms with Crippen molar-refractivity contribution >= 4 is 77.5 Å². The summed E-state index contributed by atoms with van der Waals surface area (Å²) in [5.41, 5.74) is 7.78. The minimum atomic E-state index is -5.24. The summed E-state index contributed by atoms with van der Waals surface area (Å²) in [6.45, 7) is 11.0. The zero-order valence-electron chi connectivity index (χ0n) is 40.5. The van der Waals surface area contributed by atoms with Gasteiger partial charge in [-0.15, -0.1) is 0 Å². The lowest BCUT2D eigenvalue weighted by molar-refractivity contribution is -0.385. The number of aliphatic carboxylic acids is 1. The van der Waals surface area contributed by atoms with Gasteiger partial charge in [-0.3, -0.25) is 38.9 Å². The van der Waals surface area contributed by atoms with Gasteiger partial charge in [0, 0.05) is 82.4 Å². The Balaban J connectivity index is 1.31. The molecule has 74 heavy (non-hydrogen) atoms. The molecule has 6 aromatic rings. The van der Waals surface area contributed by atoms with E-state index in [-0.39, 0.29) is 74.9 Å². The molecular formula is C54H47N4O14S2+. The van der Waals surface area contributed by atoms with E-state index in [1.54, 1.807) is 38.1 Å². The molecule has 0 aliphatic heterocycles. The molecule has 0 saturated heterocycles. The van der Waals surface area contributed by atoms with E-state index >= 15 is 0 Å². The molecule has 0 aromatic heterocycles. The summed E-state index contributed by atoms with van der Waals surface area (Å²) in [5, 5.41) is 36.4. The number of nitro groups is 2. The van der Waals surface area contributed by atoms with Crippen LogP contribution in [0.5, 0.6) is 0 Å². The Hall–Kier alpha value is -8.56. The van der Waals surface area contributed by atoms with Gasteiger partial charge in [-0.25, -0.2) is 9.79 Å². The topological polar surface area (TPSA) is 292 Å². The molecule has 0 bridgehead atoms. The van der Waals surface area contributed by atoms with E-state index in [1.165, 1.54) is 66.8 Å². The number of non-ortho nitro benzene ring substituents is 2. The van der Waals surface area contributed by atoms with Crippen LogP contribution in [0.2, 0.25) is 0 Å². The van der Waals surface area contributed by atoms with Crippen molar-refractivity contribution in [3.63, 3.8) is 0 Å². The van der Waals surface area contributed by atoms with Crippen LogP contribution in [0.15, 0.2) is 142 Å². The number of Topliss-reactive ketones (excluding diaryl/α,β-unsaturated/α-hetero) is 2. The van der Waals surface area contributed by atoms with Crippen LogP contribution in [0, 0.1) is 61.8 Å². The van der Waals surface area contributed by atoms with Gasteiger partial charge in [0.05, 0.1) is 14.7 Å². The van der Waals surface area contributed by atoms with Crippen LogP contribution in [0.1, 0.15) is 76.4 Å². The second-order valence-electron chi connectivity index (χ2n) is 17.7. The van der Waals surface area contributed by atoms with Gasteiger partial charge in [-0.1, -0.05) is 24.3 Å². The first-order valence-corrected chi connectivity index (χ1v) is 25.3. The maximum atomic E-state index is 13.4. The van der Waals surface area contributed by atoms with E-state index in [9.17, 15) is 65.7 Å². The molecule has 0 radical (unpaired) electrons. The number of ketones is 2. The van der Waals surface area contributed by atoms with Gasteiger partial charge in [0.15, 0.2) is 11.6 Å². The lowest BCUT2D eigenvalue weighted by Crippen LogP contribution is -2.68. The molecule has 378 valence electrons. The summed E-state index contributed by atoms with van der Waals surface area (Å²) in [6.07, 6.45) is 4.14. The highest BCUT2D eigenvalue weighted by Gasteiger charge is 2.29. The fourth-order valence-corrected chi connectivity index (χ4v) is 10.3. The second-order valence-corrected chi connectivity index (χ2v) is 20.5. The third kappa shape index (κ3) is 11.4. The lowest BCUT2D eigenvalue weighted by atomic mass is 9.88. The van der Waals surface area contributed by atoms with E-state index in [0.29, 0.717) is 45.4 Å². The Morgan fingerprint density at radius 3 is 1.59 bits per heavy atom. The quantitative estimate of drug-likeness (QED) is 0.0262. The predicted octanol–water partition coefficient (Wildman–Crippen LogP) is 8.68. The third-order valence-corrected chi connectivity index (χ3v) is 14.5. The molecule has 1 aliphatic carbocycles. The summed E-state index contributed by atoms with van der Waals surface area (Å²) in [5.74, 6) is -1.96. The van der Waals surface area contributed by atoms with Crippen LogP contribution in [0.4, 0.5) is 28.4 Å². The Morgan fingerprint density at radius 1 is 0.608 bits per heavy atom. The average molecular weight is 1040 g/mol. The molecule has 20 heteroatoms. The molecule has 0 heterocycles. The fraction of sp³-hybridized carbons (Fsp3) is 0.148. The van der Waals surface area contributed by atoms with E-state index in [4.69, 9.17) is 0 Å². The normalized spacial score (nSPS) is 13.8. The van der Waals surface area contributed by atoms with E-state index in [1.807, 2.05) is 39.8 Å². The number of carbonyl (C=O) groups is 3. The number of hydrogen-bond donors (Lipinski definition) is 5. The van der Waals surface area contributed by atoms with Crippen molar-refractivity contribution in [2.24, 2.45) is 0 Å². The first kappa shape index (κ1) is 53.2. The van der Waals surface area contributed by atoms with Gasteiger partial charge in [0.25, 0.3) is 31.6 Å². The molecule has 0 fully saturated rings. The molecule has 0 amide bonds. The van der Waals surface area contributed by atoms with Crippen molar-refractivity contribution in [2.75, 3.05) is 5.32 Å². The van der Waals surface area contributed by atoms with E-state index in [0.717, 1.165) is 39.9 Å². The van der Waals surface area contributed by atoms with Crippen LogP contribution >= 0.6 is 0 Å². The van der Waals surface area contributed by atoms with Crippen molar-refractivity contribution in [3.8, 4) is 0 Å². The van der Waals surface area contributed by atoms with Crippen molar-refractivity contribution < 1.29 is 60.3 Å². The number of rotatable bonds is 16. The number of nitro benzene ring substituents is 2. The first-order valence-electron chi connectivity index (χ1n) is 22.5. The molecule has 5 N–H and O–H groups in total. The minimum absolute atomic E-state index is 0.000777. The number of anilines is 2. The Bertz CT molecular complexity index is 3750. The average Bonchev–Trinajstić information content (AvgIpc) is 3.34. The molecular weight excluding hydrogens is 993 g/mol. The van der Waals surface area contributed by atoms with Crippen LogP contribution in [-0.4, -0.2) is 64.1 Å². The predicted molar refractivity (Wildman–Crippen MR) is 276 cm³/mol. The van der Waals surface area contributed by atoms with Gasteiger partial charge < -0.3 is 10.4 Å². The maximum absolute atomic E-state index is 13.4. The number of hydrogen-bond acceptors (Lipinski definition) is 12. The van der Waals surface area contributed by atoms with Crippen LogP contribution in [-0.2, 0) is 37.9 Å². The van der Waals surface area contributed by atoms with Crippen molar-refractivity contribution in [3.05, 3.63) is 219 Å². The smallest absolute Gasteiger partial charge is 0.342 e. The molecule has 18 nitrogen and oxygen atoms in total. The highest BCUT2D eigenvalue weighted by Crippen LogP contribution is 2.38. The summed E-state index contributed by atoms with van der Waals surface area (Å²) in [4.78, 5) is 62.7. The summed E-state index contributed by atoms with van der Waals surface area (Å²) in [7, 11) is -10.2. The number of benzene rings is 6. The zero-order valence-corrected chi connectivity index (χ0v) is 42.1. The third-order valence-electron chi connectivity index (χ3n) is 12.8. The number of nitrogens with zero attached hydrogens (tertiary/aromatic N) is 2. The van der Waals surface area contributed by atoms with Crippen LogP contribution < -0.4 is 10.3 Å². The van der Waals surface area contributed by atoms with Crippen LogP contribution in [0.3, 0.4) is 0 Å². The highest BCUT2D eigenvalue weighted by atomic mass is 32.2. The largest absolute Gasteiger partial charge is 0.477 e. The van der Waals surface area contributed by atoms with Crippen molar-refractivity contribution in [1.29, 1.82) is 0 Å². The Labute approximate surface area is 424 Å². The number of allylic oxidation sites excluding steroid dienone is 4. The Morgan fingerprint density at radius 2 is 1.11 bits per heavy atom. The first-order chi connectivity index (χ1) is 34.7. The second kappa shape index (κ2) is 20.9. The van der Waals surface area contributed by atoms with Crippen molar-refractivity contribution in [1.82, 2.24) is 0 Å². The van der Waals surface area contributed by atoms with E-state index in [2.05, 4.69) is 10.3 Å². The number of nitrogens with one attached hydrogen (secondary N) is 2.